The minimum absolute atomic E-state index is 0.141. The number of nitrogens with zero attached hydrogens (tertiary/aromatic N) is 2. The first kappa shape index (κ1) is 24.5. The van der Waals surface area contributed by atoms with Gasteiger partial charge in [0.2, 0.25) is 0 Å². The van der Waals surface area contributed by atoms with E-state index in [4.69, 9.17) is 4.74 Å². The molecule has 0 saturated heterocycles. The number of aryl methyl sites for hydroxylation is 2. The van der Waals surface area contributed by atoms with Crippen LogP contribution in [0.3, 0.4) is 0 Å². The highest BCUT2D eigenvalue weighted by atomic mass is 32.2. The maximum atomic E-state index is 13.6. The van der Waals surface area contributed by atoms with Gasteiger partial charge in [-0.1, -0.05) is 35.9 Å². The standard InChI is InChI=1S/C29H27N3O4S/c1-20-3-10-25(11-4-20)37(34,35)32-19-28(36-27-17-21(2)5-12-26(27)32)29(33)31-24-8-6-22(7-9-24)18-23-13-15-30-16-14-23/h3-17,28H,18-19H2,1-2H3,(H,31,33)/t28-/m0/s1. The number of rotatable bonds is 6. The van der Waals surface area contributed by atoms with Gasteiger partial charge in [-0.15, -0.1) is 0 Å². The summed E-state index contributed by atoms with van der Waals surface area (Å²) in [7, 11) is -3.91. The van der Waals surface area contributed by atoms with E-state index in [9.17, 15) is 13.2 Å². The molecule has 0 spiro atoms. The number of fused-ring (bicyclic) bond motifs is 1. The monoisotopic (exact) mass is 513 g/mol. The zero-order chi connectivity index (χ0) is 26.0. The van der Waals surface area contributed by atoms with E-state index < -0.39 is 22.0 Å². The highest BCUT2D eigenvalue weighted by Crippen LogP contribution is 2.38. The largest absolute Gasteiger partial charge is 0.476 e. The summed E-state index contributed by atoms with van der Waals surface area (Å²) in [6, 6.07) is 23.4. The molecule has 0 fully saturated rings. The first-order valence-electron chi connectivity index (χ1n) is 11.9. The Balaban J connectivity index is 1.37. The number of aromatic nitrogens is 1. The number of nitrogens with one attached hydrogen (secondary N) is 1. The predicted octanol–water partition coefficient (Wildman–Crippen LogP) is 4.88. The number of amides is 1. The van der Waals surface area contributed by atoms with Gasteiger partial charge in [0.25, 0.3) is 15.9 Å². The van der Waals surface area contributed by atoms with Crippen LogP contribution in [0, 0.1) is 13.8 Å². The molecule has 0 aliphatic carbocycles. The van der Waals surface area contributed by atoms with Crippen molar-refractivity contribution in [3.05, 3.63) is 114 Å². The summed E-state index contributed by atoms with van der Waals surface area (Å²) in [5, 5.41) is 2.87. The van der Waals surface area contributed by atoms with Crippen molar-refractivity contribution >= 4 is 27.3 Å². The molecule has 2 heterocycles. The van der Waals surface area contributed by atoms with Crippen LogP contribution in [0.1, 0.15) is 22.3 Å². The maximum absolute atomic E-state index is 13.6. The highest BCUT2D eigenvalue weighted by molar-refractivity contribution is 7.92. The minimum Gasteiger partial charge on any atom is -0.476 e. The van der Waals surface area contributed by atoms with Gasteiger partial charge in [-0.05, 0) is 85.5 Å². The molecule has 8 heteroatoms. The highest BCUT2D eigenvalue weighted by Gasteiger charge is 2.37. The lowest BCUT2D eigenvalue weighted by atomic mass is 10.1. The van der Waals surface area contributed by atoms with E-state index >= 15 is 0 Å². The lowest BCUT2D eigenvalue weighted by molar-refractivity contribution is -0.122. The summed E-state index contributed by atoms with van der Waals surface area (Å²) >= 11 is 0. The SMILES string of the molecule is Cc1ccc(S(=O)(=O)N2C[C@@H](C(=O)Nc3ccc(Cc4ccncc4)cc3)Oc3cc(C)ccc32)cc1. The van der Waals surface area contributed by atoms with Crippen LogP contribution in [-0.4, -0.2) is 32.0 Å². The summed E-state index contributed by atoms with van der Waals surface area (Å²) in [4.78, 5) is 17.4. The molecular weight excluding hydrogens is 486 g/mol. The number of sulfonamides is 1. The second-order valence-corrected chi connectivity index (χ2v) is 11.0. The van der Waals surface area contributed by atoms with Crippen molar-refractivity contribution in [2.45, 2.75) is 31.3 Å². The third kappa shape index (κ3) is 5.34. The van der Waals surface area contributed by atoms with Crippen LogP contribution in [0.2, 0.25) is 0 Å². The van der Waals surface area contributed by atoms with Crippen LogP contribution in [0.15, 0.2) is 96.2 Å². The molecule has 1 aliphatic heterocycles. The molecule has 0 radical (unpaired) electrons. The molecule has 1 aromatic heterocycles. The zero-order valence-electron chi connectivity index (χ0n) is 20.6. The Hall–Kier alpha value is -4.17. The van der Waals surface area contributed by atoms with E-state index in [0.29, 0.717) is 17.1 Å². The van der Waals surface area contributed by atoms with E-state index in [0.717, 1.165) is 28.7 Å². The van der Waals surface area contributed by atoms with E-state index in [2.05, 4.69) is 10.3 Å². The minimum atomic E-state index is -3.91. The molecule has 4 aromatic rings. The van der Waals surface area contributed by atoms with Gasteiger partial charge < -0.3 is 10.1 Å². The van der Waals surface area contributed by atoms with Crippen LogP contribution in [0.25, 0.3) is 0 Å². The topological polar surface area (TPSA) is 88.6 Å². The molecule has 7 nitrogen and oxygen atoms in total. The average molecular weight is 514 g/mol. The van der Waals surface area contributed by atoms with Crippen LogP contribution in [-0.2, 0) is 21.2 Å². The zero-order valence-corrected chi connectivity index (χ0v) is 21.4. The van der Waals surface area contributed by atoms with Gasteiger partial charge in [-0.2, -0.15) is 0 Å². The van der Waals surface area contributed by atoms with E-state index in [1.54, 1.807) is 48.8 Å². The predicted molar refractivity (Wildman–Crippen MR) is 143 cm³/mol. The van der Waals surface area contributed by atoms with Gasteiger partial charge in [-0.3, -0.25) is 14.1 Å². The summed E-state index contributed by atoms with van der Waals surface area (Å²) in [6.45, 7) is 3.65. The van der Waals surface area contributed by atoms with Crippen molar-refractivity contribution in [3.8, 4) is 5.75 Å². The second kappa shape index (κ2) is 10.1. The molecule has 188 valence electrons. The first-order chi connectivity index (χ1) is 17.8. The molecule has 1 aliphatic rings. The lowest BCUT2D eigenvalue weighted by Crippen LogP contribution is -2.48. The van der Waals surface area contributed by atoms with Crippen molar-refractivity contribution in [1.29, 1.82) is 0 Å². The molecule has 0 saturated carbocycles. The Kier molecular flexibility index (Phi) is 6.67. The van der Waals surface area contributed by atoms with Crippen LogP contribution >= 0.6 is 0 Å². The third-order valence-corrected chi connectivity index (χ3v) is 8.06. The van der Waals surface area contributed by atoms with Crippen molar-refractivity contribution in [3.63, 3.8) is 0 Å². The lowest BCUT2D eigenvalue weighted by Gasteiger charge is -2.35. The Bertz CT molecular complexity index is 1520. The van der Waals surface area contributed by atoms with Crippen molar-refractivity contribution < 1.29 is 17.9 Å². The van der Waals surface area contributed by atoms with Crippen LogP contribution in [0.4, 0.5) is 11.4 Å². The van der Waals surface area contributed by atoms with Crippen LogP contribution in [0.5, 0.6) is 5.75 Å². The third-order valence-electron chi connectivity index (χ3n) is 6.27. The number of hydrogen-bond acceptors (Lipinski definition) is 5. The fourth-order valence-electron chi connectivity index (χ4n) is 4.23. The summed E-state index contributed by atoms with van der Waals surface area (Å²) < 4.78 is 34.5. The van der Waals surface area contributed by atoms with Crippen molar-refractivity contribution in [2.75, 3.05) is 16.2 Å². The summed E-state index contributed by atoms with van der Waals surface area (Å²) in [6.07, 6.45) is 3.25. The Morgan fingerprint density at radius 2 is 1.57 bits per heavy atom. The first-order valence-corrected chi connectivity index (χ1v) is 13.4. The van der Waals surface area contributed by atoms with Gasteiger partial charge in [0, 0.05) is 18.1 Å². The second-order valence-electron chi connectivity index (χ2n) is 9.15. The molecule has 0 unspecified atom stereocenters. The quantitative estimate of drug-likeness (QED) is 0.397. The number of benzene rings is 3. The van der Waals surface area contributed by atoms with Gasteiger partial charge in [0.1, 0.15) is 5.75 Å². The Morgan fingerprint density at radius 3 is 2.27 bits per heavy atom. The van der Waals surface area contributed by atoms with Crippen LogP contribution < -0.4 is 14.4 Å². The number of carbonyl (C=O) groups excluding carboxylic acids is 1. The molecule has 0 bridgehead atoms. The van der Waals surface area contributed by atoms with Gasteiger partial charge in [-0.25, -0.2) is 8.42 Å². The number of ether oxygens (including phenoxy) is 1. The van der Waals surface area contributed by atoms with Gasteiger partial charge >= 0.3 is 0 Å². The molecule has 5 rings (SSSR count). The Labute approximate surface area is 216 Å². The normalized spacial score (nSPS) is 15.0. The van der Waals surface area contributed by atoms with E-state index in [1.807, 2.05) is 56.3 Å². The number of carbonyl (C=O) groups is 1. The smallest absolute Gasteiger partial charge is 0.267 e. The van der Waals surface area contributed by atoms with Crippen molar-refractivity contribution in [2.24, 2.45) is 0 Å². The van der Waals surface area contributed by atoms with Gasteiger partial charge in [0.15, 0.2) is 6.10 Å². The molecular formula is C29H27N3O4S. The summed E-state index contributed by atoms with van der Waals surface area (Å²) in [5.74, 6) is -0.0621. The molecule has 3 aromatic carbocycles. The molecule has 37 heavy (non-hydrogen) atoms. The number of anilines is 2. The number of pyridine rings is 1. The van der Waals surface area contributed by atoms with Gasteiger partial charge in [0.05, 0.1) is 17.1 Å². The van der Waals surface area contributed by atoms with Crippen molar-refractivity contribution in [1.82, 2.24) is 4.98 Å². The van der Waals surface area contributed by atoms with E-state index in [-0.39, 0.29) is 11.4 Å². The number of hydrogen-bond donors (Lipinski definition) is 1. The molecule has 1 N–H and O–H groups in total. The average Bonchev–Trinajstić information content (AvgIpc) is 2.89. The fraction of sp³-hybridized carbons (Fsp3) is 0.172. The molecule has 1 atom stereocenters. The molecule has 1 amide bonds. The summed E-state index contributed by atoms with van der Waals surface area (Å²) in [5.41, 5.74) is 5.12. The maximum Gasteiger partial charge on any atom is 0.267 e. The fourth-order valence-corrected chi connectivity index (χ4v) is 5.70. The Morgan fingerprint density at radius 1 is 0.919 bits per heavy atom. The van der Waals surface area contributed by atoms with E-state index in [1.165, 1.54) is 4.31 Å².